The second-order valence-corrected chi connectivity index (χ2v) is 8.35. The highest BCUT2D eigenvalue weighted by Crippen LogP contribution is 2.51. The van der Waals surface area contributed by atoms with Crippen LogP contribution in [0.15, 0.2) is 24.7 Å². The van der Waals surface area contributed by atoms with E-state index in [1.807, 2.05) is 0 Å². The smallest absolute Gasteiger partial charge is 0.345 e. The highest BCUT2D eigenvalue weighted by molar-refractivity contribution is 6.01. The van der Waals surface area contributed by atoms with Gasteiger partial charge in [-0.1, -0.05) is 0 Å². The van der Waals surface area contributed by atoms with Crippen LogP contribution < -0.4 is 15.8 Å². The van der Waals surface area contributed by atoms with Crippen LogP contribution in [0, 0.1) is 11.6 Å². The van der Waals surface area contributed by atoms with Gasteiger partial charge in [-0.05, 0) is 38.7 Å². The Kier molecular flexibility index (Phi) is 4.73. The lowest BCUT2D eigenvalue weighted by Gasteiger charge is -2.21. The molecule has 2 aliphatic rings. The average molecular weight is 444 g/mol. The molecule has 3 aromatic rings. The number of fused-ring (bicyclic) bond motifs is 1. The highest BCUT2D eigenvalue weighted by Gasteiger charge is 2.49. The SMILES string of the molecule is CCOC(=O)c1c(NC2(c3cc(F)cnc3OCC3(N)CC3)CC2)nn2cc(F)cnc12. The lowest BCUT2D eigenvalue weighted by molar-refractivity contribution is 0.0529. The lowest BCUT2D eigenvalue weighted by atomic mass is 10.1. The highest BCUT2D eigenvalue weighted by atomic mass is 19.1. The van der Waals surface area contributed by atoms with E-state index in [4.69, 9.17) is 15.2 Å². The first kappa shape index (κ1) is 20.6. The van der Waals surface area contributed by atoms with Crippen LogP contribution in [0.25, 0.3) is 5.65 Å². The zero-order chi connectivity index (χ0) is 22.5. The number of esters is 1. The third-order valence-corrected chi connectivity index (χ3v) is 5.75. The fourth-order valence-corrected chi connectivity index (χ4v) is 3.61. The van der Waals surface area contributed by atoms with Crippen LogP contribution in [0.5, 0.6) is 5.88 Å². The quantitative estimate of drug-likeness (QED) is 0.509. The number of hydrogen-bond donors (Lipinski definition) is 2. The zero-order valence-electron chi connectivity index (χ0n) is 17.4. The van der Waals surface area contributed by atoms with E-state index in [1.165, 1.54) is 10.6 Å². The van der Waals surface area contributed by atoms with Crippen molar-refractivity contribution in [1.82, 2.24) is 19.6 Å². The summed E-state index contributed by atoms with van der Waals surface area (Å²) >= 11 is 0. The first-order valence-electron chi connectivity index (χ1n) is 10.4. The zero-order valence-corrected chi connectivity index (χ0v) is 17.4. The van der Waals surface area contributed by atoms with Gasteiger partial charge in [0.2, 0.25) is 5.88 Å². The minimum Gasteiger partial charge on any atom is -0.475 e. The van der Waals surface area contributed by atoms with E-state index in [-0.39, 0.29) is 41.7 Å². The predicted molar refractivity (Wildman–Crippen MR) is 109 cm³/mol. The molecule has 2 aliphatic carbocycles. The third kappa shape index (κ3) is 3.72. The maximum absolute atomic E-state index is 14.1. The number of carbonyl (C=O) groups excluding carboxylic acids is 1. The molecule has 2 fully saturated rings. The number of aromatic nitrogens is 4. The molecule has 11 heteroatoms. The van der Waals surface area contributed by atoms with Crippen molar-refractivity contribution in [3.05, 3.63) is 47.4 Å². The van der Waals surface area contributed by atoms with Gasteiger partial charge in [0.1, 0.15) is 18.0 Å². The Morgan fingerprint density at radius 1 is 1.22 bits per heavy atom. The van der Waals surface area contributed by atoms with Crippen molar-refractivity contribution in [2.24, 2.45) is 5.73 Å². The van der Waals surface area contributed by atoms with Crippen molar-refractivity contribution >= 4 is 17.4 Å². The first-order chi connectivity index (χ1) is 15.3. The molecule has 32 heavy (non-hydrogen) atoms. The maximum atomic E-state index is 14.1. The molecule has 0 amide bonds. The summed E-state index contributed by atoms with van der Waals surface area (Å²) in [5.74, 6) is -1.33. The minimum atomic E-state index is -0.756. The van der Waals surface area contributed by atoms with Gasteiger partial charge in [-0.3, -0.25) is 0 Å². The number of nitrogens with one attached hydrogen (secondary N) is 1. The molecule has 0 aliphatic heterocycles. The fourth-order valence-electron chi connectivity index (χ4n) is 3.61. The molecule has 0 saturated heterocycles. The lowest BCUT2D eigenvalue weighted by Crippen LogP contribution is -2.31. The third-order valence-electron chi connectivity index (χ3n) is 5.75. The van der Waals surface area contributed by atoms with Crippen LogP contribution in [0.1, 0.15) is 48.5 Å². The van der Waals surface area contributed by atoms with Gasteiger partial charge in [0.05, 0.1) is 36.3 Å². The summed E-state index contributed by atoms with van der Waals surface area (Å²) in [6.45, 7) is 2.10. The van der Waals surface area contributed by atoms with E-state index >= 15 is 0 Å². The van der Waals surface area contributed by atoms with E-state index in [0.29, 0.717) is 18.4 Å². The van der Waals surface area contributed by atoms with Gasteiger partial charge >= 0.3 is 5.97 Å². The molecule has 0 radical (unpaired) electrons. The van der Waals surface area contributed by atoms with Crippen molar-refractivity contribution in [3.63, 3.8) is 0 Å². The van der Waals surface area contributed by atoms with Crippen LogP contribution in [-0.4, -0.2) is 44.3 Å². The molecule has 0 aromatic carbocycles. The molecule has 3 heterocycles. The summed E-state index contributed by atoms with van der Waals surface area (Å²) in [5.41, 5.74) is 5.72. The fraction of sp³-hybridized carbons (Fsp3) is 0.429. The van der Waals surface area contributed by atoms with Gasteiger partial charge in [-0.25, -0.2) is 28.1 Å². The Morgan fingerprint density at radius 3 is 2.66 bits per heavy atom. The number of anilines is 1. The summed E-state index contributed by atoms with van der Waals surface area (Å²) in [6.07, 6.45) is 6.18. The molecule has 3 N–H and O–H groups in total. The van der Waals surface area contributed by atoms with Crippen molar-refractivity contribution in [2.75, 3.05) is 18.5 Å². The van der Waals surface area contributed by atoms with Gasteiger partial charge in [0.25, 0.3) is 0 Å². The largest absolute Gasteiger partial charge is 0.475 e. The number of halogens is 2. The predicted octanol–water partition coefficient (Wildman–Crippen LogP) is 2.55. The molecule has 3 aromatic heterocycles. The van der Waals surface area contributed by atoms with Crippen molar-refractivity contribution in [1.29, 1.82) is 0 Å². The summed E-state index contributed by atoms with van der Waals surface area (Å²) in [6, 6.07) is 1.36. The minimum absolute atomic E-state index is 0.0730. The van der Waals surface area contributed by atoms with Crippen molar-refractivity contribution in [3.8, 4) is 5.88 Å². The van der Waals surface area contributed by atoms with Crippen LogP contribution in [-0.2, 0) is 10.3 Å². The van der Waals surface area contributed by atoms with E-state index in [0.717, 1.165) is 31.4 Å². The van der Waals surface area contributed by atoms with Gasteiger partial charge in [-0.15, -0.1) is 5.10 Å². The molecular formula is C21H22F2N6O3. The van der Waals surface area contributed by atoms with E-state index < -0.39 is 23.1 Å². The Morgan fingerprint density at radius 2 is 1.97 bits per heavy atom. The number of nitrogens with two attached hydrogens (primary N) is 1. The van der Waals surface area contributed by atoms with Crippen LogP contribution in [0.4, 0.5) is 14.6 Å². The molecule has 0 bridgehead atoms. The molecule has 0 atom stereocenters. The molecule has 0 unspecified atom stereocenters. The second kappa shape index (κ2) is 7.37. The van der Waals surface area contributed by atoms with Crippen molar-refractivity contribution in [2.45, 2.75) is 43.7 Å². The summed E-state index contributed by atoms with van der Waals surface area (Å²) < 4.78 is 40.0. The Bertz CT molecular complexity index is 1210. The number of nitrogens with zero attached hydrogens (tertiary/aromatic N) is 4. The maximum Gasteiger partial charge on any atom is 0.345 e. The normalized spacial score (nSPS) is 17.8. The molecular weight excluding hydrogens is 422 g/mol. The van der Waals surface area contributed by atoms with Gasteiger partial charge < -0.3 is 20.5 Å². The topological polar surface area (TPSA) is 117 Å². The first-order valence-corrected chi connectivity index (χ1v) is 10.4. The van der Waals surface area contributed by atoms with Gasteiger partial charge in [0.15, 0.2) is 17.3 Å². The summed E-state index contributed by atoms with van der Waals surface area (Å²) in [4.78, 5) is 20.8. The number of pyridine rings is 1. The molecule has 9 nitrogen and oxygen atoms in total. The monoisotopic (exact) mass is 444 g/mol. The Hall–Kier alpha value is -3.34. The van der Waals surface area contributed by atoms with Crippen LogP contribution >= 0.6 is 0 Å². The Balaban J connectivity index is 1.52. The summed E-state index contributed by atoms with van der Waals surface area (Å²) in [5, 5.41) is 7.53. The molecule has 5 rings (SSSR count). The van der Waals surface area contributed by atoms with E-state index in [9.17, 15) is 13.6 Å². The summed E-state index contributed by atoms with van der Waals surface area (Å²) in [7, 11) is 0. The second-order valence-electron chi connectivity index (χ2n) is 8.35. The average Bonchev–Trinajstić information content (AvgIpc) is 3.66. The molecule has 168 valence electrons. The number of hydrogen-bond acceptors (Lipinski definition) is 8. The van der Waals surface area contributed by atoms with Gasteiger partial charge in [0, 0.05) is 5.56 Å². The van der Waals surface area contributed by atoms with Gasteiger partial charge in [-0.2, -0.15) is 0 Å². The molecule has 0 spiro atoms. The Labute approximate surface area is 181 Å². The standard InChI is InChI=1S/C21H22F2N6O3/c1-2-31-19(30)15-16(28-29-10-13(23)9-25-17(15)29)27-21(5-6-21)14-7-12(22)8-26-18(14)32-11-20(24)3-4-20/h7-10H,2-6,11,24H2,1H3,(H,27,28). The number of ether oxygens (including phenoxy) is 2. The van der Waals surface area contributed by atoms with Crippen LogP contribution in [0.2, 0.25) is 0 Å². The van der Waals surface area contributed by atoms with E-state index in [2.05, 4.69) is 20.4 Å². The molecule has 2 saturated carbocycles. The van der Waals surface area contributed by atoms with Crippen LogP contribution in [0.3, 0.4) is 0 Å². The van der Waals surface area contributed by atoms with E-state index in [1.54, 1.807) is 6.92 Å². The number of carbonyl (C=O) groups is 1. The number of rotatable bonds is 8. The van der Waals surface area contributed by atoms with Crippen molar-refractivity contribution < 1.29 is 23.0 Å².